The standard InChI is InChI=1S/C13H13BrS2Si/c1-17(2,3)11-7-9-5-4-8-6-10(14)15-12(8)13(9)16-11/h4-7H,1-3H3. The lowest BCUT2D eigenvalue weighted by atomic mass is 10.2. The van der Waals surface area contributed by atoms with Gasteiger partial charge in [0.05, 0.1) is 21.3 Å². The Hall–Kier alpha value is -0.163. The molecule has 0 radical (unpaired) electrons. The van der Waals surface area contributed by atoms with Crippen molar-refractivity contribution >= 4 is 71.4 Å². The highest BCUT2D eigenvalue weighted by molar-refractivity contribution is 9.11. The molecule has 17 heavy (non-hydrogen) atoms. The first-order valence-electron chi connectivity index (χ1n) is 5.57. The first kappa shape index (κ1) is 11.9. The number of hydrogen-bond acceptors (Lipinski definition) is 2. The van der Waals surface area contributed by atoms with Crippen LogP contribution in [0.15, 0.2) is 28.1 Å². The van der Waals surface area contributed by atoms with Crippen molar-refractivity contribution < 1.29 is 0 Å². The van der Waals surface area contributed by atoms with Crippen LogP contribution in [0.1, 0.15) is 0 Å². The van der Waals surface area contributed by atoms with Crippen molar-refractivity contribution in [2.24, 2.45) is 0 Å². The Labute approximate surface area is 118 Å². The Morgan fingerprint density at radius 2 is 1.53 bits per heavy atom. The maximum absolute atomic E-state index is 3.59. The monoisotopic (exact) mass is 340 g/mol. The molecule has 0 N–H and O–H groups in total. The van der Waals surface area contributed by atoms with Gasteiger partial charge in [0, 0.05) is 0 Å². The molecule has 0 unspecified atom stereocenters. The number of fused-ring (bicyclic) bond motifs is 3. The number of rotatable bonds is 1. The van der Waals surface area contributed by atoms with Crippen LogP contribution in [0.5, 0.6) is 0 Å². The van der Waals surface area contributed by atoms with Gasteiger partial charge in [-0.1, -0.05) is 31.8 Å². The molecule has 88 valence electrons. The molecule has 0 fully saturated rings. The third-order valence-electron chi connectivity index (χ3n) is 2.88. The van der Waals surface area contributed by atoms with E-state index in [1.165, 1.54) is 24.0 Å². The maximum Gasteiger partial charge on any atom is 0.0904 e. The van der Waals surface area contributed by atoms with Gasteiger partial charge in [0.2, 0.25) is 0 Å². The molecule has 0 atom stereocenters. The van der Waals surface area contributed by atoms with Gasteiger partial charge in [0.1, 0.15) is 0 Å². The van der Waals surface area contributed by atoms with E-state index in [0.29, 0.717) is 0 Å². The van der Waals surface area contributed by atoms with Crippen LogP contribution in [0.2, 0.25) is 19.6 Å². The molecule has 0 saturated heterocycles. The molecule has 0 amide bonds. The maximum atomic E-state index is 3.59. The summed E-state index contributed by atoms with van der Waals surface area (Å²) in [6.07, 6.45) is 0. The van der Waals surface area contributed by atoms with Gasteiger partial charge in [-0.05, 0) is 43.3 Å². The van der Waals surface area contributed by atoms with Crippen molar-refractivity contribution in [2.75, 3.05) is 0 Å². The van der Waals surface area contributed by atoms with Crippen molar-refractivity contribution in [2.45, 2.75) is 19.6 Å². The molecule has 4 heteroatoms. The summed E-state index contributed by atoms with van der Waals surface area (Å²) in [6, 6.07) is 9.11. The van der Waals surface area contributed by atoms with Crippen molar-refractivity contribution in [3.8, 4) is 0 Å². The smallest absolute Gasteiger partial charge is 0.0904 e. The van der Waals surface area contributed by atoms with E-state index in [4.69, 9.17) is 0 Å². The molecule has 2 heterocycles. The van der Waals surface area contributed by atoms with Gasteiger partial charge in [-0.25, -0.2) is 0 Å². The average molecular weight is 341 g/mol. The van der Waals surface area contributed by atoms with E-state index < -0.39 is 8.07 Å². The molecule has 0 spiro atoms. The number of thiophene rings is 2. The third-order valence-corrected chi connectivity index (χ3v) is 9.43. The lowest BCUT2D eigenvalue weighted by molar-refractivity contribution is 1.79. The highest BCUT2D eigenvalue weighted by atomic mass is 79.9. The fourth-order valence-electron chi connectivity index (χ4n) is 1.93. The van der Waals surface area contributed by atoms with Crippen molar-refractivity contribution in [3.05, 3.63) is 28.1 Å². The van der Waals surface area contributed by atoms with E-state index in [2.05, 4.69) is 59.8 Å². The van der Waals surface area contributed by atoms with Crippen LogP contribution in [0.25, 0.3) is 20.2 Å². The topological polar surface area (TPSA) is 0 Å². The van der Waals surface area contributed by atoms with E-state index >= 15 is 0 Å². The fraction of sp³-hybridized carbons (Fsp3) is 0.231. The first-order valence-corrected chi connectivity index (χ1v) is 11.5. The highest BCUT2D eigenvalue weighted by Crippen LogP contribution is 2.37. The van der Waals surface area contributed by atoms with E-state index in [1.807, 2.05) is 22.7 Å². The minimum Gasteiger partial charge on any atom is -0.143 e. The predicted molar refractivity (Wildman–Crippen MR) is 87.9 cm³/mol. The summed E-state index contributed by atoms with van der Waals surface area (Å²) in [5.74, 6) is 0. The van der Waals surface area contributed by atoms with Gasteiger partial charge in [0.25, 0.3) is 0 Å². The molecule has 0 nitrogen and oxygen atoms in total. The molecule has 2 aromatic heterocycles. The molecular formula is C13H13BrS2Si. The number of halogens is 1. The summed E-state index contributed by atoms with van der Waals surface area (Å²) in [4.78, 5) is 0. The van der Waals surface area contributed by atoms with Crippen molar-refractivity contribution in [1.29, 1.82) is 0 Å². The van der Waals surface area contributed by atoms with Gasteiger partial charge in [-0.3, -0.25) is 0 Å². The van der Waals surface area contributed by atoms with Gasteiger partial charge >= 0.3 is 0 Å². The second-order valence-electron chi connectivity index (χ2n) is 5.31. The summed E-state index contributed by atoms with van der Waals surface area (Å²) in [7, 11) is -1.19. The van der Waals surface area contributed by atoms with Crippen LogP contribution in [-0.4, -0.2) is 8.07 Å². The Morgan fingerprint density at radius 3 is 2.18 bits per heavy atom. The Morgan fingerprint density at radius 1 is 0.941 bits per heavy atom. The van der Waals surface area contributed by atoms with E-state index in [1.54, 1.807) is 4.50 Å². The Balaban J connectivity index is 2.38. The second-order valence-corrected chi connectivity index (χ2v) is 14.2. The zero-order chi connectivity index (χ0) is 12.2. The zero-order valence-corrected chi connectivity index (χ0v) is 14.2. The summed E-state index contributed by atoms with van der Waals surface area (Å²) < 4.78 is 5.73. The number of hydrogen-bond donors (Lipinski definition) is 0. The van der Waals surface area contributed by atoms with Crippen LogP contribution in [0, 0.1) is 0 Å². The van der Waals surface area contributed by atoms with Crippen LogP contribution in [0.4, 0.5) is 0 Å². The molecule has 0 aliphatic rings. The molecule has 3 aromatic rings. The lowest BCUT2D eigenvalue weighted by Gasteiger charge is -2.11. The Bertz CT molecular complexity index is 703. The molecule has 0 bridgehead atoms. The van der Waals surface area contributed by atoms with Crippen molar-refractivity contribution in [1.82, 2.24) is 0 Å². The molecule has 0 aliphatic carbocycles. The largest absolute Gasteiger partial charge is 0.143 e. The third kappa shape index (κ3) is 2.01. The zero-order valence-electron chi connectivity index (χ0n) is 10.0. The molecule has 1 aromatic carbocycles. The van der Waals surface area contributed by atoms with Crippen LogP contribution in [0.3, 0.4) is 0 Å². The van der Waals surface area contributed by atoms with Crippen LogP contribution in [-0.2, 0) is 0 Å². The average Bonchev–Trinajstić information content (AvgIpc) is 2.76. The Kier molecular flexibility index (Phi) is 2.74. The lowest BCUT2D eigenvalue weighted by Crippen LogP contribution is -2.34. The molecule has 0 aliphatic heterocycles. The molecule has 0 saturated carbocycles. The minimum absolute atomic E-state index is 1.19. The van der Waals surface area contributed by atoms with E-state index in [9.17, 15) is 0 Å². The summed E-state index contributed by atoms with van der Waals surface area (Å²) in [6.45, 7) is 7.25. The summed E-state index contributed by atoms with van der Waals surface area (Å²) >= 11 is 7.43. The van der Waals surface area contributed by atoms with Gasteiger partial charge in [0.15, 0.2) is 0 Å². The van der Waals surface area contributed by atoms with Gasteiger partial charge in [-0.2, -0.15) is 0 Å². The van der Waals surface area contributed by atoms with Crippen molar-refractivity contribution in [3.63, 3.8) is 0 Å². The summed E-state index contributed by atoms with van der Waals surface area (Å²) in [5.41, 5.74) is 0. The normalized spacial score (nSPS) is 12.7. The van der Waals surface area contributed by atoms with E-state index in [0.717, 1.165) is 0 Å². The molecule has 3 rings (SSSR count). The SMILES string of the molecule is C[Si](C)(C)c1cc2ccc3cc(Br)sc3c2s1. The minimum atomic E-state index is -1.19. The van der Waals surface area contributed by atoms with E-state index in [-0.39, 0.29) is 0 Å². The highest BCUT2D eigenvalue weighted by Gasteiger charge is 2.20. The predicted octanol–water partition coefficient (Wildman–Crippen LogP) is 5.42. The van der Waals surface area contributed by atoms with Gasteiger partial charge < -0.3 is 0 Å². The number of benzene rings is 1. The quantitative estimate of drug-likeness (QED) is 0.518. The first-order chi connectivity index (χ1) is 7.95. The molecular weight excluding hydrogens is 328 g/mol. The summed E-state index contributed by atoms with van der Waals surface area (Å²) in [5, 5.41) is 2.77. The van der Waals surface area contributed by atoms with Crippen LogP contribution >= 0.6 is 38.6 Å². The second kappa shape index (κ2) is 3.92. The van der Waals surface area contributed by atoms with Crippen LogP contribution < -0.4 is 4.50 Å². The van der Waals surface area contributed by atoms with Gasteiger partial charge in [-0.15, -0.1) is 22.7 Å². The fourth-order valence-corrected chi connectivity index (χ4v) is 6.73.